The smallest absolute Gasteiger partial charge is 0.182 e. The first-order valence-electron chi connectivity index (χ1n) is 13.8. The van der Waals surface area contributed by atoms with Crippen LogP contribution in [0.5, 0.6) is 0 Å². The van der Waals surface area contributed by atoms with Crippen molar-refractivity contribution in [2.45, 2.75) is 0 Å². The van der Waals surface area contributed by atoms with Crippen LogP contribution in [0.25, 0.3) is 71.9 Å². The molecule has 8 rings (SSSR count). The third-order valence-corrected chi connectivity index (χ3v) is 7.84. The van der Waals surface area contributed by atoms with Gasteiger partial charge in [-0.3, -0.25) is 0 Å². The van der Waals surface area contributed by atoms with Crippen LogP contribution in [0.2, 0.25) is 0 Å². The van der Waals surface area contributed by atoms with E-state index in [9.17, 15) is 0 Å². The maximum atomic E-state index is 5.18. The summed E-state index contributed by atoms with van der Waals surface area (Å²) >= 11 is 0. The third kappa shape index (κ3) is 4.07. The Labute approximate surface area is 238 Å². The van der Waals surface area contributed by atoms with E-state index in [1.54, 1.807) is 0 Å². The molecule has 1 aromatic heterocycles. The van der Waals surface area contributed by atoms with Crippen LogP contribution >= 0.6 is 0 Å². The van der Waals surface area contributed by atoms with E-state index in [4.69, 9.17) is 10.1 Å². The topological polar surface area (TPSA) is 30.7 Å². The Morgan fingerprint density at radius 3 is 1.83 bits per heavy atom. The first-order chi connectivity index (χ1) is 20.3. The number of benzene rings is 7. The van der Waals surface area contributed by atoms with Gasteiger partial charge in [0.15, 0.2) is 11.6 Å². The van der Waals surface area contributed by atoms with Crippen LogP contribution < -0.4 is 0 Å². The normalized spacial score (nSPS) is 11.4. The van der Waals surface area contributed by atoms with Crippen molar-refractivity contribution in [2.75, 3.05) is 0 Å². The molecule has 0 aliphatic heterocycles. The van der Waals surface area contributed by atoms with Crippen LogP contribution in [0.4, 0.5) is 0 Å². The lowest BCUT2D eigenvalue weighted by atomic mass is 9.97. The summed E-state index contributed by atoms with van der Waals surface area (Å²) in [6.07, 6.45) is 0. The molecule has 0 saturated carbocycles. The molecular formula is C38H25N3. The molecule has 0 unspecified atom stereocenters. The van der Waals surface area contributed by atoms with E-state index in [1.807, 2.05) is 22.9 Å². The number of hydrogen-bond acceptors (Lipinski definition) is 2. The predicted octanol–water partition coefficient (Wildman–Crippen LogP) is 9.73. The fourth-order valence-corrected chi connectivity index (χ4v) is 5.78. The highest BCUT2D eigenvalue weighted by Gasteiger charge is 2.18. The highest BCUT2D eigenvalue weighted by molar-refractivity contribution is 6.13. The van der Waals surface area contributed by atoms with Gasteiger partial charge < -0.3 is 0 Å². The molecule has 0 bridgehead atoms. The Kier molecular flexibility index (Phi) is 5.46. The van der Waals surface area contributed by atoms with Gasteiger partial charge in [-0.25, -0.2) is 9.67 Å². The van der Waals surface area contributed by atoms with Gasteiger partial charge in [-0.2, -0.15) is 0 Å². The summed E-state index contributed by atoms with van der Waals surface area (Å²) in [5.41, 5.74) is 5.39. The monoisotopic (exact) mass is 523 g/mol. The van der Waals surface area contributed by atoms with Gasteiger partial charge in [0.2, 0.25) is 0 Å². The largest absolute Gasteiger partial charge is 0.213 e. The molecule has 0 N–H and O–H groups in total. The molecule has 192 valence electrons. The van der Waals surface area contributed by atoms with E-state index in [2.05, 4.69) is 133 Å². The van der Waals surface area contributed by atoms with E-state index < -0.39 is 0 Å². The van der Waals surface area contributed by atoms with Gasteiger partial charge in [-0.05, 0) is 67.7 Å². The predicted molar refractivity (Wildman–Crippen MR) is 170 cm³/mol. The molecule has 0 aliphatic carbocycles. The van der Waals surface area contributed by atoms with Gasteiger partial charge in [-0.15, -0.1) is 5.10 Å². The lowest BCUT2D eigenvalue weighted by Crippen LogP contribution is -2.00. The van der Waals surface area contributed by atoms with Gasteiger partial charge >= 0.3 is 0 Å². The standard InChI is InChI=1S/C38H25N3/c1-2-13-32(14-3-1)41-38(36-25-31-12-6-7-15-33(31)34-16-8-9-17-35(34)36)39-37(40-41)28-21-18-27(19-22-28)30-23-20-26-10-4-5-11-29(26)24-30/h1-25H. The molecule has 41 heavy (non-hydrogen) atoms. The fourth-order valence-electron chi connectivity index (χ4n) is 5.78. The maximum absolute atomic E-state index is 5.18. The van der Waals surface area contributed by atoms with E-state index in [1.165, 1.54) is 38.1 Å². The Morgan fingerprint density at radius 1 is 0.415 bits per heavy atom. The third-order valence-electron chi connectivity index (χ3n) is 7.84. The van der Waals surface area contributed by atoms with E-state index in [0.29, 0.717) is 5.82 Å². The van der Waals surface area contributed by atoms with Crippen LogP contribution in [-0.2, 0) is 0 Å². The summed E-state index contributed by atoms with van der Waals surface area (Å²) in [5.74, 6) is 1.53. The molecule has 0 fully saturated rings. The molecule has 0 amide bonds. The number of fused-ring (bicyclic) bond motifs is 4. The molecular weight excluding hydrogens is 498 g/mol. The highest BCUT2D eigenvalue weighted by Crippen LogP contribution is 2.36. The molecule has 0 spiro atoms. The first kappa shape index (κ1) is 23.4. The SMILES string of the molecule is c1ccc(-n2nc(-c3ccc(-c4ccc5ccccc5c4)cc3)nc2-c2cc3ccccc3c3ccccc23)cc1. The fraction of sp³-hybridized carbons (Fsp3) is 0. The minimum absolute atomic E-state index is 0.700. The average molecular weight is 524 g/mol. The summed E-state index contributed by atoms with van der Waals surface area (Å²) in [6.45, 7) is 0. The van der Waals surface area contributed by atoms with Crippen molar-refractivity contribution < 1.29 is 0 Å². The van der Waals surface area contributed by atoms with Crippen LogP contribution in [0, 0.1) is 0 Å². The Morgan fingerprint density at radius 2 is 1.02 bits per heavy atom. The van der Waals surface area contributed by atoms with Crippen LogP contribution in [0.15, 0.2) is 152 Å². The Bertz CT molecular complexity index is 2190. The number of aromatic nitrogens is 3. The van der Waals surface area contributed by atoms with Crippen LogP contribution in [0.3, 0.4) is 0 Å². The molecule has 0 saturated heterocycles. The zero-order valence-corrected chi connectivity index (χ0v) is 22.3. The van der Waals surface area contributed by atoms with Crippen LogP contribution in [-0.4, -0.2) is 14.8 Å². The van der Waals surface area contributed by atoms with Gasteiger partial charge in [-0.1, -0.05) is 127 Å². The molecule has 0 aliphatic rings. The summed E-state index contributed by atoms with van der Waals surface area (Å²) in [6, 6.07) is 53.2. The second kappa shape index (κ2) is 9.58. The lowest BCUT2D eigenvalue weighted by molar-refractivity contribution is 0.891. The number of para-hydroxylation sites is 1. The van der Waals surface area contributed by atoms with Crippen molar-refractivity contribution in [3.63, 3.8) is 0 Å². The summed E-state index contributed by atoms with van der Waals surface area (Å²) in [4.78, 5) is 5.18. The molecule has 3 nitrogen and oxygen atoms in total. The summed E-state index contributed by atoms with van der Waals surface area (Å²) < 4.78 is 1.98. The zero-order chi connectivity index (χ0) is 27.2. The van der Waals surface area contributed by atoms with E-state index in [-0.39, 0.29) is 0 Å². The second-order valence-electron chi connectivity index (χ2n) is 10.3. The maximum Gasteiger partial charge on any atom is 0.182 e. The van der Waals surface area contributed by atoms with Gasteiger partial charge in [0.25, 0.3) is 0 Å². The Balaban J connectivity index is 1.28. The average Bonchev–Trinajstić information content (AvgIpc) is 3.50. The zero-order valence-electron chi connectivity index (χ0n) is 22.3. The Hall–Kier alpha value is -5.54. The number of rotatable bonds is 4. The summed E-state index contributed by atoms with van der Waals surface area (Å²) in [7, 11) is 0. The number of hydrogen-bond donors (Lipinski definition) is 0. The number of nitrogens with zero attached hydrogens (tertiary/aromatic N) is 3. The van der Waals surface area contributed by atoms with Crippen molar-refractivity contribution >= 4 is 32.3 Å². The molecule has 0 radical (unpaired) electrons. The first-order valence-corrected chi connectivity index (χ1v) is 13.8. The minimum Gasteiger partial charge on any atom is -0.213 e. The molecule has 7 aromatic carbocycles. The lowest BCUT2D eigenvalue weighted by Gasteiger charge is -2.11. The van der Waals surface area contributed by atoms with Crippen molar-refractivity contribution in [3.8, 4) is 39.6 Å². The minimum atomic E-state index is 0.700. The van der Waals surface area contributed by atoms with Crippen molar-refractivity contribution in [1.29, 1.82) is 0 Å². The van der Waals surface area contributed by atoms with Crippen molar-refractivity contribution in [2.24, 2.45) is 0 Å². The summed E-state index contributed by atoms with van der Waals surface area (Å²) in [5, 5.41) is 12.3. The van der Waals surface area contributed by atoms with Gasteiger partial charge in [0, 0.05) is 11.1 Å². The van der Waals surface area contributed by atoms with Gasteiger partial charge in [0.1, 0.15) is 0 Å². The molecule has 3 heteroatoms. The highest BCUT2D eigenvalue weighted by atomic mass is 15.4. The van der Waals surface area contributed by atoms with E-state index >= 15 is 0 Å². The molecule has 1 heterocycles. The van der Waals surface area contributed by atoms with Gasteiger partial charge in [0.05, 0.1) is 5.69 Å². The molecule has 0 atom stereocenters. The van der Waals surface area contributed by atoms with Crippen molar-refractivity contribution in [1.82, 2.24) is 14.8 Å². The van der Waals surface area contributed by atoms with E-state index in [0.717, 1.165) is 28.0 Å². The quantitative estimate of drug-likeness (QED) is 0.215. The van der Waals surface area contributed by atoms with Crippen LogP contribution in [0.1, 0.15) is 0 Å². The molecule has 8 aromatic rings. The second-order valence-corrected chi connectivity index (χ2v) is 10.3. The van der Waals surface area contributed by atoms with Crippen molar-refractivity contribution in [3.05, 3.63) is 152 Å².